The van der Waals surface area contributed by atoms with Gasteiger partial charge in [0.2, 0.25) is 5.95 Å². The molecule has 149 heavy (non-hydrogen) atoms. The molecule has 0 aliphatic heterocycles. The summed E-state index contributed by atoms with van der Waals surface area (Å²) < 4.78 is 34.4. The molecule has 13 nitrogen and oxygen atoms in total. The molecule has 0 bridgehead atoms. The average molecular weight is 1900 g/mol. The zero-order valence-electron chi connectivity index (χ0n) is 80.0. The minimum Gasteiger partial charge on any atom is -0.455 e. The van der Waals surface area contributed by atoms with Gasteiger partial charge >= 0.3 is 0 Å². The van der Waals surface area contributed by atoms with Crippen LogP contribution in [0.4, 0.5) is 0 Å². The molecule has 0 saturated heterocycles. The van der Waals surface area contributed by atoms with E-state index >= 15 is 0 Å². The molecule has 0 amide bonds. The van der Waals surface area contributed by atoms with Crippen LogP contribution >= 0.6 is 0 Å². The maximum Gasteiger partial charge on any atom is 0.238 e. The second kappa shape index (κ2) is 33.2. The topological polar surface area (TPSA) is 121 Å². The number of benzene rings is 22. The van der Waals surface area contributed by atoms with Gasteiger partial charge in [-0.3, -0.25) is 4.57 Å². The predicted molar refractivity (Wildman–Crippen MR) is 615 cm³/mol. The Labute approximate surface area is 850 Å². The fourth-order valence-electron chi connectivity index (χ4n) is 23.8. The van der Waals surface area contributed by atoms with Crippen molar-refractivity contribution >= 4 is 218 Å². The smallest absolute Gasteiger partial charge is 0.238 e. The molecular weight excluding hydrogens is 1820 g/mol. The molecule has 0 spiro atoms. The second-order valence-electron chi connectivity index (χ2n) is 38.5. The molecule has 33 aromatic rings. The Kier molecular flexibility index (Phi) is 18.5. The number of hydrogen-bond acceptors (Lipinski definition) is 7. The van der Waals surface area contributed by atoms with Crippen LogP contribution in [-0.4, -0.2) is 47.3 Å². The van der Waals surface area contributed by atoms with Crippen LogP contribution in [0.2, 0.25) is 0 Å². The molecule has 694 valence electrons. The summed E-state index contributed by atoms with van der Waals surface area (Å²) in [4.78, 5) is 20.5. The standard InChI is InChI=1S/C51H31N3O.C45H27N5O.C40H24N2O/c1-4-14-33(15-5-1)42-21-12-22-43(52-42)34-23-26-44-39(29-34)40-30-41-47(31-46(40)53(44)35-16-6-2-7-17-35)54(36-18-8-3-9-19-36)45-27-25-38-49-37-20-11-10-13-32(37)24-28-48(49)55-51(38)50(41)45;1-4-14-28(15-5-1)43-46-44(29-16-6-2-7-17-29)48-45(47-43)50-37-25-24-33-32-21-11-13-23-40(32)51-42(33)41(37)35-26-34-31-20-10-12-22-36(31)49(38(34)27-39(35)50)30-18-8-3-9-19-30;1-3-12-26(13-4-1)41-33-21-19-25-11-7-8-16-28(25)38(33)31-23-32-36(24-35(31)41)42(27-14-5-2-6-15-27)34-22-20-30-29-17-9-10-18-37(29)43-40(30)39(32)34/h1-31H;1-27H;1-24H. The third-order valence-electron chi connectivity index (χ3n) is 30.3. The number of aromatic nitrogens is 10. The zero-order valence-corrected chi connectivity index (χ0v) is 80.0. The van der Waals surface area contributed by atoms with Crippen molar-refractivity contribution in [1.29, 1.82) is 0 Å². The van der Waals surface area contributed by atoms with Gasteiger partial charge in [0.25, 0.3) is 0 Å². The van der Waals surface area contributed by atoms with Crippen LogP contribution in [0.5, 0.6) is 0 Å². The molecule has 0 unspecified atom stereocenters. The third kappa shape index (κ3) is 13.0. The van der Waals surface area contributed by atoms with Gasteiger partial charge < -0.3 is 36.1 Å². The Morgan fingerprint density at radius 2 is 0.470 bits per heavy atom. The SMILES string of the molecule is c1ccc(-c2cccc(-c3ccc4c(c3)c3cc5c6c7oc8ccc9ccccc9c8c7ccc6n(-c6ccccc6)c5cc3n4-c3ccccc3)n2)cc1.c1ccc(-c2nc(-c3ccccc3)nc(-n3c4cc5c(cc4c4c6oc7ccccc7c6ccc43)c3ccccc3n5-c3ccccc3)n2)cc1.c1ccc(-n2c3cc4c(cc3c3c5ccccc5ccc32)c2c3oc5ccccc5c3ccc2n4-c2ccccc2)cc1. The highest BCUT2D eigenvalue weighted by molar-refractivity contribution is 6.33. The van der Waals surface area contributed by atoms with Crippen molar-refractivity contribution in [3.05, 3.63) is 497 Å². The van der Waals surface area contributed by atoms with E-state index in [-0.39, 0.29) is 0 Å². The molecule has 0 N–H and O–H groups in total. The Balaban J connectivity index is 0.000000102. The van der Waals surface area contributed by atoms with Gasteiger partial charge in [-0.1, -0.05) is 309 Å². The first kappa shape index (κ1) is 83.3. The number of nitrogens with zero attached hydrogens (tertiary/aromatic N) is 10. The molecule has 0 radical (unpaired) electrons. The summed E-state index contributed by atoms with van der Waals surface area (Å²) in [7, 11) is 0. The lowest BCUT2D eigenvalue weighted by Gasteiger charge is -2.11. The van der Waals surface area contributed by atoms with E-state index < -0.39 is 0 Å². The Hall–Kier alpha value is -20.3. The van der Waals surface area contributed by atoms with Crippen molar-refractivity contribution in [3.8, 4) is 79.7 Å². The fourth-order valence-corrected chi connectivity index (χ4v) is 23.8. The van der Waals surface area contributed by atoms with E-state index in [1.807, 2.05) is 84.9 Å². The quantitative estimate of drug-likeness (QED) is 0.134. The minimum atomic E-state index is 0.542. The van der Waals surface area contributed by atoms with E-state index in [1.54, 1.807) is 0 Å². The zero-order chi connectivity index (χ0) is 97.6. The van der Waals surface area contributed by atoms with Crippen LogP contribution in [0.25, 0.3) is 298 Å². The van der Waals surface area contributed by atoms with Crippen LogP contribution in [0, 0.1) is 0 Å². The first-order valence-corrected chi connectivity index (χ1v) is 50.5. The molecule has 0 fully saturated rings. The van der Waals surface area contributed by atoms with E-state index in [9.17, 15) is 0 Å². The van der Waals surface area contributed by atoms with Crippen LogP contribution < -0.4 is 0 Å². The van der Waals surface area contributed by atoms with Crippen molar-refractivity contribution in [2.75, 3.05) is 0 Å². The molecule has 0 saturated carbocycles. The van der Waals surface area contributed by atoms with Gasteiger partial charge in [-0.05, 0) is 210 Å². The summed E-state index contributed by atoms with van der Waals surface area (Å²) >= 11 is 0. The molecule has 33 rings (SSSR count). The maximum atomic E-state index is 6.90. The van der Waals surface area contributed by atoms with Crippen LogP contribution in [0.15, 0.2) is 511 Å². The lowest BCUT2D eigenvalue weighted by atomic mass is 10.0. The summed E-state index contributed by atoms with van der Waals surface area (Å²) in [5.74, 6) is 1.76. The van der Waals surface area contributed by atoms with Gasteiger partial charge in [-0.2, -0.15) is 9.97 Å². The number of para-hydroxylation sites is 8. The first-order chi connectivity index (χ1) is 73.9. The number of furan rings is 3. The average Bonchev–Trinajstić information content (AvgIpc) is 1.54. The normalized spacial score (nSPS) is 12.0. The number of rotatable bonds is 10. The van der Waals surface area contributed by atoms with Crippen molar-refractivity contribution in [2.24, 2.45) is 0 Å². The van der Waals surface area contributed by atoms with Crippen LogP contribution in [0.3, 0.4) is 0 Å². The van der Waals surface area contributed by atoms with Gasteiger partial charge in [0.05, 0.1) is 93.7 Å². The van der Waals surface area contributed by atoms with Gasteiger partial charge in [0.1, 0.15) is 33.5 Å². The molecule has 13 heteroatoms. The first-order valence-electron chi connectivity index (χ1n) is 50.5. The third-order valence-corrected chi connectivity index (χ3v) is 30.3. The van der Waals surface area contributed by atoms with Gasteiger partial charge in [-0.25, -0.2) is 9.97 Å². The summed E-state index contributed by atoms with van der Waals surface area (Å²) in [5, 5.41) is 25.6. The summed E-state index contributed by atoms with van der Waals surface area (Å²) in [6, 6.07) is 176. The lowest BCUT2D eigenvalue weighted by molar-refractivity contribution is 0.672. The fraction of sp³-hybridized carbons (Fsp3) is 0. The van der Waals surface area contributed by atoms with Crippen molar-refractivity contribution in [3.63, 3.8) is 0 Å². The van der Waals surface area contributed by atoms with Gasteiger partial charge in [0.15, 0.2) is 11.6 Å². The summed E-state index contributed by atoms with van der Waals surface area (Å²) in [6.45, 7) is 0. The van der Waals surface area contributed by atoms with E-state index in [1.165, 1.54) is 70.3 Å². The van der Waals surface area contributed by atoms with Gasteiger partial charge in [0, 0.05) is 131 Å². The van der Waals surface area contributed by atoms with E-state index in [0.29, 0.717) is 17.6 Å². The largest absolute Gasteiger partial charge is 0.455 e. The molecule has 0 aliphatic carbocycles. The van der Waals surface area contributed by atoms with Crippen molar-refractivity contribution in [2.45, 2.75) is 0 Å². The molecule has 0 atom stereocenters. The van der Waals surface area contributed by atoms with E-state index in [4.69, 9.17) is 33.2 Å². The molecule has 0 aliphatic rings. The van der Waals surface area contributed by atoms with Crippen molar-refractivity contribution < 1.29 is 13.3 Å². The molecule has 11 heterocycles. The number of fused-ring (bicyclic) bond motifs is 34. The Bertz CT molecular complexity index is 11300. The minimum absolute atomic E-state index is 0.542. The Morgan fingerprint density at radius 1 is 0.148 bits per heavy atom. The molecule has 11 aromatic heterocycles. The highest BCUT2D eigenvalue weighted by Gasteiger charge is 2.30. The number of pyridine rings is 1. The lowest BCUT2D eigenvalue weighted by Crippen LogP contribution is -2.06. The van der Waals surface area contributed by atoms with E-state index in [2.05, 4.69) is 440 Å². The maximum absolute atomic E-state index is 6.90. The summed E-state index contributed by atoms with van der Waals surface area (Å²) in [6.07, 6.45) is 0. The highest BCUT2D eigenvalue weighted by atomic mass is 16.3. The predicted octanol–water partition coefficient (Wildman–Crippen LogP) is 35.9. The monoisotopic (exact) mass is 1900 g/mol. The van der Waals surface area contributed by atoms with Gasteiger partial charge in [-0.15, -0.1) is 0 Å². The summed E-state index contributed by atoms with van der Waals surface area (Å²) in [5.41, 5.74) is 30.3. The van der Waals surface area contributed by atoms with E-state index in [0.717, 1.165) is 210 Å². The second-order valence-corrected chi connectivity index (χ2v) is 38.5. The van der Waals surface area contributed by atoms with Crippen LogP contribution in [-0.2, 0) is 0 Å². The Morgan fingerprint density at radius 3 is 0.966 bits per heavy atom. The molecule has 22 aromatic carbocycles. The highest BCUT2D eigenvalue weighted by Crippen LogP contribution is 2.51. The van der Waals surface area contributed by atoms with Crippen molar-refractivity contribution in [1.82, 2.24) is 47.3 Å². The molecular formula is C136H82N10O3. The number of hydrogen-bond donors (Lipinski definition) is 0. The van der Waals surface area contributed by atoms with Crippen LogP contribution in [0.1, 0.15) is 0 Å².